The summed E-state index contributed by atoms with van der Waals surface area (Å²) >= 11 is 0. The summed E-state index contributed by atoms with van der Waals surface area (Å²) < 4.78 is 10.1. The standard InChI is InChI=1S/C11H17NO5/c1-16-6-9(13)12-4-8-5-17-3-2-11(8,7-12)10(14)15/h8H,2-7H2,1H3,(H,14,15)/t8-,11+/m0/s1. The van der Waals surface area contributed by atoms with Gasteiger partial charge < -0.3 is 19.5 Å². The van der Waals surface area contributed by atoms with Gasteiger partial charge in [-0.15, -0.1) is 0 Å². The molecule has 2 aliphatic heterocycles. The van der Waals surface area contributed by atoms with Crippen molar-refractivity contribution in [1.29, 1.82) is 0 Å². The molecule has 0 spiro atoms. The first-order valence-corrected chi connectivity index (χ1v) is 5.68. The molecule has 0 saturated carbocycles. The summed E-state index contributed by atoms with van der Waals surface area (Å²) in [6.45, 7) is 1.61. The fourth-order valence-corrected chi connectivity index (χ4v) is 2.70. The number of amides is 1. The molecule has 2 atom stereocenters. The number of hydrogen-bond donors (Lipinski definition) is 1. The number of methoxy groups -OCH3 is 1. The van der Waals surface area contributed by atoms with Gasteiger partial charge in [-0.1, -0.05) is 0 Å². The van der Waals surface area contributed by atoms with Gasteiger partial charge >= 0.3 is 5.97 Å². The van der Waals surface area contributed by atoms with Crippen LogP contribution in [0.15, 0.2) is 0 Å². The Morgan fingerprint density at radius 1 is 1.59 bits per heavy atom. The highest BCUT2D eigenvalue weighted by atomic mass is 16.5. The van der Waals surface area contributed by atoms with Crippen LogP contribution in [0.4, 0.5) is 0 Å². The lowest BCUT2D eigenvalue weighted by molar-refractivity contribution is -0.157. The topological polar surface area (TPSA) is 76.1 Å². The van der Waals surface area contributed by atoms with E-state index in [0.717, 1.165) is 0 Å². The lowest BCUT2D eigenvalue weighted by atomic mass is 9.74. The predicted octanol–water partition coefficient (Wildman–Crippen LogP) is -0.417. The average molecular weight is 243 g/mol. The Kier molecular flexibility index (Phi) is 3.35. The molecular weight excluding hydrogens is 226 g/mol. The van der Waals surface area contributed by atoms with Gasteiger partial charge in [-0.2, -0.15) is 0 Å². The van der Waals surface area contributed by atoms with Crippen LogP contribution in [0.25, 0.3) is 0 Å². The van der Waals surface area contributed by atoms with E-state index in [2.05, 4.69) is 0 Å². The summed E-state index contributed by atoms with van der Waals surface area (Å²) in [6.07, 6.45) is 0.476. The number of carbonyl (C=O) groups is 2. The molecule has 2 aliphatic rings. The molecule has 0 aliphatic carbocycles. The number of nitrogens with zero attached hydrogens (tertiary/aromatic N) is 1. The second-order valence-corrected chi connectivity index (χ2v) is 4.69. The minimum Gasteiger partial charge on any atom is -0.481 e. The Labute approximate surface area is 99.5 Å². The van der Waals surface area contributed by atoms with E-state index in [1.165, 1.54) is 7.11 Å². The molecule has 0 aromatic carbocycles. The summed E-state index contributed by atoms with van der Waals surface area (Å²) in [5.74, 6) is -1.07. The molecule has 0 unspecified atom stereocenters. The van der Waals surface area contributed by atoms with Gasteiger partial charge in [0.25, 0.3) is 0 Å². The van der Waals surface area contributed by atoms with Crippen LogP contribution in [0.2, 0.25) is 0 Å². The van der Waals surface area contributed by atoms with E-state index in [1.807, 2.05) is 0 Å². The van der Waals surface area contributed by atoms with E-state index in [0.29, 0.717) is 26.2 Å². The van der Waals surface area contributed by atoms with Crippen LogP contribution in [-0.4, -0.2) is 61.9 Å². The fraction of sp³-hybridized carbons (Fsp3) is 0.818. The second-order valence-electron chi connectivity index (χ2n) is 4.69. The van der Waals surface area contributed by atoms with Gasteiger partial charge in [-0.05, 0) is 6.42 Å². The number of likely N-dealkylation sites (tertiary alicyclic amines) is 1. The maximum atomic E-state index is 11.7. The normalized spacial score (nSPS) is 32.3. The lowest BCUT2D eigenvalue weighted by Gasteiger charge is -2.33. The number of rotatable bonds is 3. The molecule has 6 heteroatoms. The number of hydrogen-bond acceptors (Lipinski definition) is 4. The highest BCUT2D eigenvalue weighted by molar-refractivity contribution is 5.81. The largest absolute Gasteiger partial charge is 0.481 e. The number of carbonyl (C=O) groups excluding carboxylic acids is 1. The van der Waals surface area contributed by atoms with E-state index in [1.54, 1.807) is 4.90 Å². The van der Waals surface area contributed by atoms with Crippen molar-refractivity contribution in [3.63, 3.8) is 0 Å². The number of carboxylic acids is 1. The summed E-state index contributed by atoms with van der Waals surface area (Å²) in [5.41, 5.74) is -0.818. The Bertz CT molecular complexity index is 332. The summed E-state index contributed by atoms with van der Waals surface area (Å²) in [5, 5.41) is 9.40. The average Bonchev–Trinajstić information content (AvgIpc) is 2.70. The van der Waals surface area contributed by atoms with Gasteiger partial charge in [0.15, 0.2) is 0 Å². The maximum Gasteiger partial charge on any atom is 0.311 e. The molecule has 17 heavy (non-hydrogen) atoms. The number of fused-ring (bicyclic) bond motifs is 1. The van der Waals surface area contributed by atoms with E-state index in [9.17, 15) is 14.7 Å². The zero-order chi connectivity index (χ0) is 12.5. The molecule has 2 heterocycles. The monoisotopic (exact) mass is 243 g/mol. The van der Waals surface area contributed by atoms with Crippen LogP contribution in [0.1, 0.15) is 6.42 Å². The van der Waals surface area contributed by atoms with Gasteiger partial charge in [0, 0.05) is 32.7 Å². The minimum absolute atomic E-state index is 0.00325. The Morgan fingerprint density at radius 3 is 2.94 bits per heavy atom. The highest BCUT2D eigenvalue weighted by Crippen LogP contribution is 2.42. The Hall–Kier alpha value is -1.14. The minimum atomic E-state index is -0.821. The van der Waals surface area contributed by atoms with E-state index in [4.69, 9.17) is 9.47 Å². The molecule has 1 amide bonds. The summed E-state index contributed by atoms with van der Waals surface area (Å²) in [7, 11) is 1.46. The van der Waals surface area contributed by atoms with Crippen LogP contribution in [0.5, 0.6) is 0 Å². The van der Waals surface area contributed by atoms with Crippen molar-refractivity contribution >= 4 is 11.9 Å². The first-order chi connectivity index (χ1) is 8.10. The molecule has 6 nitrogen and oxygen atoms in total. The van der Waals surface area contributed by atoms with E-state index >= 15 is 0 Å². The Balaban J connectivity index is 2.14. The predicted molar refractivity (Wildman–Crippen MR) is 57.5 cm³/mol. The zero-order valence-corrected chi connectivity index (χ0v) is 9.85. The third-order valence-corrected chi connectivity index (χ3v) is 3.75. The van der Waals surface area contributed by atoms with Crippen molar-refractivity contribution in [1.82, 2.24) is 4.90 Å². The lowest BCUT2D eigenvalue weighted by Crippen LogP contribution is -2.45. The summed E-state index contributed by atoms with van der Waals surface area (Å²) in [6, 6.07) is 0. The molecule has 0 bridgehead atoms. The van der Waals surface area contributed by atoms with Crippen LogP contribution in [-0.2, 0) is 19.1 Å². The molecule has 2 rings (SSSR count). The molecule has 0 aromatic rings. The second kappa shape index (κ2) is 4.62. The quantitative estimate of drug-likeness (QED) is 0.728. The third-order valence-electron chi connectivity index (χ3n) is 3.75. The molecule has 0 radical (unpaired) electrons. The van der Waals surface area contributed by atoms with Crippen LogP contribution >= 0.6 is 0 Å². The summed E-state index contributed by atoms with van der Waals surface area (Å²) in [4.78, 5) is 24.8. The van der Waals surface area contributed by atoms with Crippen LogP contribution in [0, 0.1) is 11.3 Å². The molecule has 96 valence electrons. The number of carboxylic acid groups (broad SMARTS) is 1. The number of ether oxygens (including phenoxy) is 2. The molecule has 2 saturated heterocycles. The zero-order valence-electron chi connectivity index (χ0n) is 9.85. The SMILES string of the molecule is COCC(=O)N1C[C@H]2COCC[C@@]2(C(=O)O)C1. The number of aliphatic carboxylic acids is 1. The molecule has 0 aromatic heterocycles. The smallest absolute Gasteiger partial charge is 0.311 e. The van der Waals surface area contributed by atoms with Crippen LogP contribution in [0.3, 0.4) is 0 Å². The first-order valence-electron chi connectivity index (χ1n) is 5.68. The van der Waals surface area contributed by atoms with Crippen molar-refractivity contribution in [2.75, 3.05) is 40.0 Å². The first kappa shape index (κ1) is 12.3. The maximum absolute atomic E-state index is 11.7. The van der Waals surface area contributed by atoms with Crippen molar-refractivity contribution in [2.45, 2.75) is 6.42 Å². The Morgan fingerprint density at radius 2 is 2.35 bits per heavy atom. The van der Waals surface area contributed by atoms with Gasteiger partial charge in [0.2, 0.25) is 5.91 Å². The van der Waals surface area contributed by atoms with Gasteiger partial charge in [-0.3, -0.25) is 9.59 Å². The molecule has 1 N–H and O–H groups in total. The fourth-order valence-electron chi connectivity index (χ4n) is 2.70. The van der Waals surface area contributed by atoms with Crippen molar-refractivity contribution in [2.24, 2.45) is 11.3 Å². The van der Waals surface area contributed by atoms with E-state index in [-0.39, 0.29) is 25.0 Å². The van der Waals surface area contributed by atoms with Crippen molar-refractivity contribution < 1.29 is 24.2 Å². The molecule has 2 fully saturated rings. The highest BCUT2D eigenvalue weighted by Gasteiger charge is 2.54. The van der Waals surface area contributed by atoms with Gasteiger partial charge in [0.1, 0.15) is 6.61 Å². The van der Waals surface area contributed by atoms with Crippen molar-refractivity contribution in [3.8, 4) is 0 Å². The van der Waals surface area contributed by atoms with E-state index < -0.39 is 11.4 Å². The van der Waals surface area contributed by atoms with Crippen LogP contribution < -0.4 is 0 Å². The molecular formula is C11H17NO5. The van der Waals surface area contributed by atoms with Crippen molar-refractivity contribution in [3.05, 3.63) is 0 Å². The van der Waals surface area contributed by atoms with Gasteiger partial charge in [0.05, 0.1) is 12.0 Å². The third kappa shape index (κ3) is 2.02. The van der Waals surface area contributed by atoms with Gasteiger partial charge in [-0.25, -0.2) is 0 Å².